The van der Waals surface area contributed by atoms with E-state index in [1.165, 1.54) is 19.2 Å². The van der Waals surface area contributed by atoms with Gasteiger partial charge < -0.3 is 9.15 Å². The van der Waals surface area contributed by atoms with Crippen molar-refractivity contribution in [2.75, 3.05) is 7.11 Å². The second-order valence-electron chi connectivity index (χ2n) is 3.88. The van der Waals surface area contributed by atoms with Gasteiger partial charge >= 0.3 is 5.97 Å². The number of methoxy groups -OCH3 is 1. The standard InChI is InChI=1S/C11H13N3O5S/c1-14-8(5-6-12-14)7-13-20(16,17)10-4-3-9(19-10)11(15)18-2/h3-6,13H,7H2,1-2H3. The molecule has 8 nitrogen and oxygen atoms in total. The van der Waals surface area contributed by atoms with Crippen molar-refractivity contribution < 1.29 is 22.4 Å². The largest absolute Gasteiger partial charge is 0.463 e. The Labute approximate surface area is 115 Å². The molecule has 0 aromatic carbocycles. The highest BCUT2D eigenvalue weighted by atomic mass is 32.2. The van der Waals surface area contributed by atoms with E-state index in [2.05, 4.69) is 14.6 Å². The summed E-state index contributed by atoms with van der Waals surface area (Å²) in [5.41, 5.74) is 0.688. The molecular weight excluding hydrogens is 286 g/mol. The number of hydrogen-bond acceptors (Lipinski definition) is 6. The van der Waals surface area contributed by atoms with Gasteiger partial charge in [0.15, 0.2) is 0 Å². The van der Waals surface area contributed by atoms with Crippen LogP contribution in [0.3, 0.4) is 0 Å². The Morgan fingerprint density at radius 1 is 1.45 bits per heavy atom. The van der Waals surface area contributed by atoms with E-state index in [0.29, 0.717) is 5.69 Å². The Hall–Kier alpha value is -2.13. The normalized spacial score (nSPS) is 11.5. The van der Waals surface area contributed by atoms with E-state index < -0.39 is 16.0 Å². The number of aryl methyl sites for hydroxylation is 1. The second kappa shape index (κ2) is 5.47. The summed E-state index contributed by atoms with van der Waals surface area (Å²) in [4.78, 5) is 11.2. The maximum atomic E-state index is 12.0. The van der Waals surface area contributed by atoms with Crippen LogP contribution in [0.1, 0.15) is 16.2 Å². The summed E-state index contributed by atoms with van der Waals surface area (Å²) in [5, 5.41) is 3.58. The van der Waals surface area contributed by atoms with Crippen LogP contribution in [-0.4, -0.2) is 31.3 Å². The lowest BCUT2D eigenvalue weighted by Gasteiger charge is -2.04. The molecule has 108 valence electrons. The van der Waals surface area contributed by atoms with Crippen LogP contribution >= 0.6 is 0 Å². The van der Waals surface area contributed by atoms with E-state index in [-0.39, 0.29) is 17.4 Å². The third-order valence-electron chi connectivity index (χ3n) is 2.60. The SMILES string of the molecule is COC(=O)c1ccc(S(=O)(=O)NCc2ccnn2C)o1. The van der Waals surface area contributed by atoms with Crippen molar-refractivity contribution in [1.29, 1.82) is 0 Å². The zero-order valence-electron chi connectivity index (χ0n) is 10.9. The lowest BCUT2D eigenvalue weighted by atomic mass is 10.4. The summed E-state index contributed by atoms with van der Waals surface area (Å²) >= 11 is 0. The second-order valence-corrected chi connectivity index (χ2v) is 5.58. The van der Waals surface area contributed by atoms with Crippen molar-refractivity contribution in [3.8, 4) is 0 Å². The molecule has 0 aliphatic rings. The number of aromatic nitrogens is 2. The molecule has 1 N–H and O–H groups in total. The third kappa shape index (κ3) is 2.89. The van der Waals surface area contributed by atoms with Gasteiger partial charge in [-0.15, -0.1) is 0 Å². The number of carbonyl (C=O) groups excluding carboxylic acids is 1. The smallest absolute Gasteiger partial charge is 0.374 e. The number of carbonyl (C=O) groups is 1. The van der Waals surface area contributed by atoms with E-state index >= 15 is 0 Å². The van der Waals surface area contributed by atoms with Crippen LogP contribution in [0.15, 0.2) is 33.9 Å². The third-order valence-corrected chi connectivity index (χ3v) is 3.87. The minimum Gasteiger partial charge on any atom is -0.463 e. The summed E-state index contributed by atoms with van der Waals surface area (Å²) in [6.07, 6.45) is 1.56. The molecule has 2 heterocycles. The fourth-order valence-electron chi connectivity index (χ4n) is 1.49. The van der Waals surface area contributed by atoms with Gasteiger partial charge in [-0.25, -0.2) is 17.9 Å². The fourth-order valence-corrected chi connectivity index (χ4v) is 2.42. The number of ether oxygens (including phenoxy) is 1. The Bertz CT molecular complexity index is 716. The highest BCUT2D eigenvalue weighted by molar-refractivity contribution is 7.89. The number of sulfonamides is 1. The van der Waals surface area contributed by atoms with Crippen molar-refractivity contribution in [1.82, 2.24) is 14.5 Å². The lowest BCUT2D eigenvalue weighted by molar-refractivity contribution is 0.0559. The van der Waals surface area contributed by atoms with Crippen LogP contribution in [0.5, 0.6) is 0 Å². The monoisotopic (exact) mass is 299 g/mol. The highest BCUT2D eigenvalue weighted by Gasteiger charge is 2.21. The molecule has 20 heavy (non-hydrogen) atoms. The molecule has 0 radical (unpaired) electrons. The van der Waals surface area contributed by atoms with Gasteiger partial charge in [0.05, 0.1) is 19.3 Å². The molecule has 0 atom stereocenters. The Morgan fingerprint density at radius 2 is 2.20 bits per heavy atom. The molecule has 2 aromatic heterocycles. The van der Waals surface area contributed by atoms with Crippen LogP contribution in [0, 0.1) is 0 Å². The molecule has 0 bridgehead atoms. The van der Waals surface area contributed by atoms with Gasteiger partial charge in [0.25, 0.3) is 10.0 Å². The summed E-state index contributed by atoms with van der Waals surface area (Å²) in [6, 6.07) is 4.12. The Balaban J connectivity index is 2.12. The first kappa shape index (κ1) is 14.3. The maximum Gasteiger partial charge on any atom is 0.374 e. The van der Waals surface area contributed by atoms with E-state index in [0.717, 1.165) is 0 Å². The molecule has 0 amide bonds. The van der Waals surface area contributed by atoms with Crippen LogP contribution in [0.4, 0.5) is 0 Å². The minimum atomic E-state index is -3.84. The Kier molecular flexibility index (Phi) is 3.91. The van der Waals surface area contributed by atoms with Gasteiger partial charge in [-0.3, -0.25) is 4.68 Å². The fraction of sp³-hybridized carbons (Fsp3) is 0.273. The average molecular weight is 299 g/mol. The molecule has 0 aliphatic heterocycles. The number of nitrogens with one attached hydrogen (secondary N) is 1. The van der Waals surface area contributed by atoms with Crippen molar-refractivity contribution >= 4 is 16.0 Å². The predicted octanol–water partition coefficient (Wildman–Crippen LogP) is 0.278. The van der Waals surface area contributed by atoms with Crippen LogP contribution in [0.25, 0.3) is 0 Å². The highest BCUT2D eigenvalue weighted by Crippen LogP contribution is 2.15. The van der Waals surface area contributed by atoms with Crippen molar-refractivity contribution in [2.45, 2.75) is 11.6 Å². The molecule has 2 rings (SSSR count). The molecule has 0 unspecified atom stereocenters. The van der Waals surface area contributed by atoms with Gasteiger partial charge in [-0.1, -0.05) is 0 Å². The first-order valence-electron chi connectivity index (χ1n) is 5.59. The first-order valence-corrected chi connectivity index (χ1v) is 7.07. The summed E-state index contributed by atoms with van der Waals surface area (Å²) in [5.74, 6) is -0.911. The average Bonchev–Trinajstić information content (AvgIpc) is 3.05. The topological polar surface area (TPSA) is 103 Å². The lowest BCUT2D eigenvalue weighted by Crippen LogP contribution is -2.24. The van der Waals surface area contributed by atoms with Gasteiger partial charge in [0.1, 0.15) is 0 Å². The van der Waals surface area contributed by atoms with Crippen molar-refractivity contribution in [2.24, 2.45) is 7.05 Å². The molecule has 0 saturated heterocycles. The Morgan fingerprint density at radius 3 is 2.80 bits per heavy atom. The van der Waals surface area contributed by atoms with Crippen LogP contribution in [-0.2, 0) is 28.4 Å². The van der Waals surface area contributed by atoms with Gasteiger partial charge in [0, 0.05) is 13.2 Å². The number of furan rings is 1. The predicted molar refractivity (Wildman–Crippen MR) is 67.3 cm³/mol. The number of hydrogen-bond donors (Lipinski definition) is 1. The molecular formula is C11H13N3O5S. The number of rotatable bonds is 5. The maximum absolute atomic E-state index is 12.0. The molecule has 2 aromatic rings. The zero-order valence-corrected chi connectivity index (χ0v) is 11.7. The molecule has 9 heteroatoms. The molecule has 0 saturated carbocycles. The summed E-state index contributed by atoms with van der Waals surface area (Å²) in [6.45, 7) is 0.0626. The van der Waals surface area contributed by atoms with Crippen LogP contribution in [0.2, 0.25) is 0 Å². The number of esters is 1. The van der Waals surface area contributed by atoms with Gasteiger partial charge in [0.2, 0.25) is 10.9 Å². The number of nitrogens with zero attached hydrogens (tertiary/aromatic N) is 2. The van der Waals surface area contributed by atoms with E-state index in [1.807, 2.05) is 0 Å². The molecule has 0 aliphatic carbocycles. The first-order chi connectivity index (χ1) is 9.44. The van der Waals surface area contributed by atoms with E-state index in [1.54, 1.807) is 24.0 Å². The zero-order chi connectivity index (χ0) is 14.8. The van der Waals surface area contributed by atoms with Crippen LogP contribution < -0.4 is 4.72 Å². The minimum absolute atomic E-state index is 0.0626. The quantitative estimate of drug-likeness (QED) is 0.795. The molecule has 0 spiro atoms. The van der Waals surface area contributed by atoms with Crippen molar-refractivity contribution in [3.05, 3.63) is 35.9 Å². The summed E-state index contributed by atoms with van der Waals surface area (Å²) < 4.78 is 37.2. The van der Waals surface area contributed by atoms with Gasteiger partial charge in [-0.2, -0.15) is 5.10 Å². The van der Waals surface area contributed by atoms with E-state index in [9.17, 15) is 13.2 Å². The van der Waals surface area contributed by atoms with E-state index in [4.69, 9.17) is 4.42 Å². The van der Waals surface area contributed by atoms with Crippen molar-refractivity contribution in [3.63, 3.8) is 0 Å². The summed E-state index contributed by atoms with van der Waals surface area (Å²) in [7, 11) is -0.959. The molecule has 0 fully saturated rings. The van der Waals surface area contributed by atoms with Gasteiger partial charge in [-0.05, 0) is 18.2 Å².